The molecular formula is C15H19ClN4. The SMILES string of the molecule is CCN(CC)c1ccnc(NCc2ccc(Cl)cc2)n1. The van der Waals surface area contributed by atoms with Crippen LogP contribution in [0.3, 0.4) is 0 Å². The molecule has 0 aliphatic rings. The van der Waals surface area contributed by atoms with Gasteiger partial charge in [0.25, 0.3) is 0 Å². The van der Waals surface area contributed by atoms with Crippen molar-refractivity contribution in [3.05, 3.63) is 47.1 Å². The lowest BCUT2D eigenvalue weighted by Gasteiger charge is -2.19. The van der Waals surface area contributed by atoms with E-state index in [0.717, 1.165) is 29.5 Å². The minimum absolute atomic E-state index is 0.643. The molecule has 1 heterocycles. The summed E-state index contributed by atoms with van der Waals surface area (Å²) in [5.41, 5.74) is 1.14. The molecule has 0 amide bonds. The zero-order chi connectivity index (χ0) is 14.4. The lowest BCUT2D eigenvalue weighted by Crippen LogP contribution is -2.23. The normalized spacial score (nSPS) is 10.3. The van der Waals surface area contributed by atoms with Crippen LogP contribution >= 0.6 is 11.6 Å². The number of aromatic nitrogens is 2. The molecule has 2 rings (SSSR count). The highest BCUT2D eigenvalue weighted by molar-refractivity contribution is 6.30. The zero-order valence-corrected chi connectivity index (χ0v) is 12.6. The Morgan fingerprint density at radius 3 is 2.45 bits per heavy atom. The van der Waals surface area contributed by atoms with E-state index in [1.54, 1.807) is 6.20 Å². The highest BCUT2D eigenvalue weighted by Gasteiger charge is 2.05. The Hall–Kier alpha value is -1.81. The summed E-state index contributed by atoms with van der Waals surface area (Å²) in [5.74, 6) is 1.59. The van der Waals surface area contributed by atoms with Crippen LogP contribution < -0.4 is 10.2 Å². The van der Waals surface area contributed by atoms with E-state index in [0.29, 0.717) is 12.5 Å². The Balaban J connectivity index is 2.02. The second-order valence-corrected chi connectivity index (χ2v) is 4.83. The minimum atomic E-state index is 0.643. The molecule has 0 unspecified atom stereocenters. The molecule has 1 N–H and O–H groups in total. The number of anilines is 2. The van der Waals surface area contributed by atoms with Gasteiger partial charge in [-0.1, -0.05) is 23.7 Å². The Labute approximate surface area is 124 Å². The summed E-state index contributed by atoms with van der Waals surface area (Å²) in [7, 11) is 0. The van der Waals surface area contributed by atoms with Crippen molar-refractivity contribution in [2.24, 2.45) is 0 Å². The van der Waals surface area contributed by atoms with E-state index in [1.165, 1.54) is 0 Å². The van der Waals surface area contributed by atoms with E-state index >= 15 is 0 Å². The fourth-order valence-electron chi connectivity index (χ4n) is 1.94. The first-order chi connectivity index (χ1) is 9.72. The van der Waals surface area contributed by atoms with Gasteiger partial charge in [0, 0.05) is 30.9 Å². The Kier molecular flexibility index (Phi) is 5.18. The number of halogens is 1. The van der Waals surface area contributed by atoms with Crippen molar-refractivity contribution >= 4 is 23.4 Å². The largest absolute Gasteiger partial charge is 0.357 e. The summed E-state index contributed by atoms with van der Waals surface area (Å²) in [5, 5.41) is 3.98. The van der Waals surface area contributed by atoms with Gasteiger partial charge in [-0.05, 0) is 37.6 Å². The topological polar surface area (TPSA) is 41.1 Å². The lowest BCUT2D eigenvalue weighted by atomic mass is 10.2. The van der Waals surface area contributed by atoms with E-state index in [9.17, 15) is 0 Å². The molecule has 1 aromatic carbocycles. The fraction of sp³-hybridized carbons (Fsp3) is 0.333. The van der Waals surface area contributed by atoms with Gasteiger partial charge in [-0.2, -0.15) is 4.98 Å². The number of rotatable bonds is 6. The van der Waals surface area contributed by atoms with Crippen LogP contribution in [-0.4, -0.2) is 23.1 Å². The van der Waals surface area contributed by atoms with Crippen molar-refractivity contribution in [3.63, 3.8) is 0 Å². The molecule has 0 saturated heterocycles. The molecule has 0 aliphatic carbocycles. The molecule has 106 valence electrons. The average molecular weight is 291 g/mol. The van der Waals surface area contributed by atoms with Crippen LogP contribution in [0.1, 0.15) is 19.4 Å². The molecule has 0 spiro atoms. The smallest absolute Gasteiger partial charge is 0.224 e. The number of nitrogens with zero attached hydrogens (tertiary/aromatic N) is 3. The van der Waals surface area contributed by atoms with Crippen molar-refractivity contribution in [1.82, 2.24) is 9.97 Å². The van der Waals surface area contributed by atoms with Crippen molar-refractivity contribution in [3.8, 4) is 0 Å². The van der Waals surface area contributed by atoms with E-state index in [4.69, 9.17) is 11.6 Å². The van der Waals surface area contributed by atoms with Crippen molar-refractivity contribution in [1.29, 1.82) is 0 Å². The quantitative estimate of drug-likeness (QED) is 0.883. The summed E-state index contributed by atoms with van der Waals surface area (Å²) in [4.78, 5) is 11.0. The Bertz CT molecular complexity index is 538. The number of benzene rings is 1. The van der Waals surface area contributed by atoms with Crippen LogP contribution in [0.15, 0.2) is 36.5 Å². The van der Waals surface area contributed by atoms with Gasteiger partial charge in [-0.25, -0.2) is 4.98 Å². The predicted octanol–water partition coefficient (Wildman–Crippen LogP) is 3.59. The van der Waals surface area contributed by atoms with Crippen LogP contribution in [0.5, 0.6) is 0 Å². The van der Waals surface area contributed by atoms with Gasteiger partial charge in [0.05, 0.1) is 0 Å². The van der Waals surface area contributed by atoms with Gasteiger partial charge < -0.3 is 10.2 Å². The lowest BCUT2D eigenvalue weighted by molar-refractivity contribution is 0.841. The van der Waals surface area contributed by atoms with Gasteiger partial charge in [-0.3, -0.25) is 0 Å². The van der Waals surface area contributed by atoms with E-state index in [-0.39, 0.29) is 0 Å². The molecule has 5 heteroatoms. The first-order valence-electron chi connectivity index (χ1n) is 6.79. The van der Waals surface area contributed by atoms with E-state index in [2.05, 4.69) is 34.0 Å². The van der Waals surface area contributed by atoms with Crippen molar-refractivity contribution < 1.29 is 0 Å². The Morgan fingerprint density at radius 1 is 1.10 bits per heavy atom. The highest BCUT2D eigenvalue weighted by atomic mass is 35.5. The molecule has 1 aromatic heterocycles. The van der Waals surface area contributed by atoms with Gasteiger partial charge in [-0.15, -0.1) is 0 Å². The van der Waals surface area contributed by atoms with Crippen molar-refractivity contribution in [2.75, 3.05) is 23.3 Å². The molecule has 4 nitrogen and oxygen atoms in total. The summed E-state index contributed by atoms with van der Waals surface area (Å²) in [6, 6.07) is 9.67. The van der Waals surface area contributed by atoms with Gasteiger partial charge in [0.15, 0.2) is 0 Å². The molecule has 0 fully saturated rings. The molecule has 20 heavy (non-hydrogen) atoms. The molecule has 0 radical (unpaired) electrons. The maximum atomic E-state index is 5.87. The van der Waals surface area contributed by atoms with Gasteiger partial charge in [0.2, 0.25) is 5.95 Å². The monoisotopic (exact) mass is 290 g/mol. The number of hydrogen-bond acceptors (Lipinski definition) is 4. The number of nitrogens with one attached hydrogen (secondary N) is 1. The fourth-order valence-corrected chi connectivity index (χ4v) is 2.07. The molecular weight excluding hydrogens is 272 g/mol. The average Bonchev–Trinajstić information content (AvgIpc) is 2.48. The van der Waals surface area contributed by atoms with Crippen LogP contribution in [-0.2, 0) is 6.54 Å². The second kappa shape index (κ2) is 7.10. The van der Waals surface area contributed by atoms with Gasteiger partial charge >= 0.3 is 0 Å². The van der Waals surface area contributed by atoms with E-state index < -0.39 is 0 Å². The summed E-state index contributed by atoms with van der Waals surface area (Å²) in [6.45, 7) is 6.78. The molecule has 0 bridgehead atoms. The highest BCUT2D eigenvalue weighted by Crippen LogP contribution is 2.13. The second-order valence-electron chi connectivity index (χ2n) is 4.39. The first kappa shape index (κ1) is 14.6. The third-order valence-electron chi connectivity index (χ3n) is 3.09. The summed E-state index contributed by atoms with van der Waals surface area (Å²) in [6.07, 6.45) is 1.78. The van der Waals surface area contributed by atoms with Crippen LogP contribution in [0.25, 0.3) is 0 Å². The Morgan fingerprint density at radius 2 is 1.80 bits per heavy atom. The van der Waals surface area contributed by atoms with Crippen LogP contribution in [0.4, 0.5) is 11.8 Å². The maximum absolute atomic E-state index is 5.87. The standard InChI is InChI=1S/C15H19ClN4/c1-3-20(4-2)14-9-10-17-15(19-14)18-11-12-5-7-13(16)8-6-12/h5-10H,3-4,11H2,1-2H3,(H,17,18,19). The maximum Gasteiger partial charge on any atom is 0.224 e. The molecule has 0 aliphatic heterocycles. The molecule has 0 saturated carbocycles. The van der Waals surface area contributed by atoms with Crippen LogP contribution in [0.2, 0.25) is 5.02 Å². The van der Waals surface area contributed by atoms with Gasteiger partial charge in [0.1, 0.15) is 5.82 Å². The third kappa shape index (κ3) is 3.84. The minimum Gasteiger partial charge on any atom is -0.357 e. The molecule has 0 atom stereocenters. The predicted molar refractivity (Wildman–Crippen MR) is 84.4 cm³/mol. The molecule has 2 aromatic rings. The first-order valence-corrected chi connectivity index (χ1v) is 7.17. The van der Waals surface area contributed by atoms with E-state index in [1.807, 2.05) is 30.3 Å². The zero-order valence-electron chi connectivity index (χ0n) is 11.8. The number of hydrogen-bond donors (Lipinski definition) is 1. The van der Waals surface area contributed by atoms with Crippen LogP contribution in [0, 0.1) is 0 Å². The van der Waals surface area contributed by atoms with Crippen molar-refractivity contribution in [2.45, 2.75) is 20.4 Å². The summed E-state index contributed by atoms with van der Waals surface area (Å²) >= 11 is 5.87. The third-order valence-corrected chi connectivity index (χ3v) is 3.34. The summed E-state index contributed by atoms with van der Waals surface area (Å²) < 4.78 is 0.